The summed E-state index contributed by atoms with van der Waals surface area (Å²) < 4.78 is 30.6. The van der Waals surface area contributed by atoms with Gasteiger partial charge >= 0.3 is 5.97 Å². The van der Waals surface area contributed by atoms with Crippen molar-refractivity contribution in [3.8, 4) is 0 Å². The lowest BCUT2D eigenvalue weighted by Gasteiger charge is -2.22. The second-order valence-corrected chi connectivity index (χ2v) is 3.73. The van der Waals surface area contributed by atoms with Crippen molar-refractivity contribution < 1.29 is 28.3 Å². The van der Waals surface area contributed by atoms with Crippen molar-refractivity contribution >= 4 is 5.97 Å². The van der Waals surface area contributed by atoms with Crippen molar-refractivity contribution in [1.29, 1.82) is 0 Å². The molecule has 0 bridgehead atoms. The van der Waals surface area contributed by atoms with Crippen molar-refractivity contribution in [3.63, 3.8) is 0 Å². The first-order valence-corrected chi connectivity index (χ1v) is 5.27. The van der Waals surface area contributed by atoms with Crippen LogP contribution in [0.5, 0.6) is 0 Å². The minimum absolute atomic E-state index is 0.142. The van der Waals surface area contributed by atoms with Gasteiger partial charge < -0.3 is 9.84 Å². The van der Waals surface area contributed by atoms with Crippen molar-refractivity contribution in [3.05, 3.63) is 45.5 Å². The first-order chi connectivity index (χ1) is 8.79. The molecule has 1 atom stereocenters. The Morgan fingerprint density at radius 3 is 2.37 bits per heavy atom. The fraction of sp³-hybridized carbons (Fsp3) is 0.364. The molecule has 0 aliphatic heterocycles. The first kappa shape index (κ1) is 15.0. The van der Waals surface area contributed by atoms with Gasteiger partial charge in [0.15, 0.2) is 0 Å². The Balaban J connectivity index is 3.29. The Hall–Kier alpha value is -2.09. The SMILES string of the molecule is CCOC(=O)[C@](O)(C[N+](=O)[O-])c1cc(F)cc(F)c1. The molecule has 0 saturated carbocycles. The molecule has 19 heavy (non-hydrogen) atoms. The average Bonchev–Trinajstić information content (AvgIpc) is 2.26. The molecule has 0 amide bonds. The van der Waals surface area contributed by atoms with E-state index in [1.165, 1.54) is 6.92 Å². The molecular formula is C11H11F2NO5. The zero-order valence-electron chi connectivity index (χ0n) is 9.93. The number of carbonyl (C=O) groups is 1. The van der Waals surface area contributed by atoms with Crippen molar-refractivity contribution in [2.45, 2.75) is 12.5 Å². The van der Waals surface area contributed by atoms with Crippen molar-refractivity contribution in [2.75, 3.05) is 13.2 Å². The lowest BCUT2D eigenvalue weighted by atomic mass is 9.93. The van der Waals surface area contributed by atoms with Gasteiger partial charge in [0.2, 0.25) is 6.54 Å². The van der Waals surface area contributed by atoms with Crippen LogP contribution < -0.4 is 0 Å². The van der Waals surface area contributed by atoms with Gasteiger partial charge in [0.25, 0.3) is 5.60 Å². The fourth-order valence-electron chi connectivity index (χ4n) is 1.50. The van der Waals surface area contributed by atoms with Gasteiger partial charge in [-0.05, 0) is 19.1 Å². The highest BCUT2D eigenvalue weighted by molar-refractivity contribution is 5.81. The number of benzene rings is 1. The molecule has 104 valence electrons. The molecule has 1 rings (SSSR count). The molecule has 0 unspecified atom stereocenters. The quantitative estimate of drug-likeness (QED) is 0.491. The third-order valence-electron chi connectivity index (χ3n) is 2.31. The second-order valence-electron chi connectivity index (χ2n) is 3.73. The summed E-state index contributed by atoms with van der Waals surface area (Å²) in [5.41, 5.74) is -3.30. The Morgan fingerprint density at radius 1 is 1.42 bits per heavy atom. The monoisotopic (exact) mass is 275 g/mol. The molecule has 0 spiro atoms. The molecule has 0 radical (unpaired) electrons. The van der Waals surface area contributed by atoms with E-state index in [1.54, 1.807) is 0 Å². The van der Waals surface area contributed by atoms with E-state index in [-0.39, 0.29) is 6.61 Å². The van der Waals surface area contributed by atoms with Crippen LogP contribution in [0.1, 0.15) is 12.5 Å². The van der Waals surface area contributed by atoms with Crippen LogP contribution in [-0.4, -0.2) is 29.2 Å². The predicted molar refractivity (Wildman–Crippen MR) is 58.7 cm³/mol. The predicted octanol–water partition coefficient (Wildman–Crippen LogP) is 0.992. The number of hydrogen-bond acceptors (Lipinski definition) is 5. The molecule has 6 nitrogen and oxygen atoms in total. The van der Waals surface area contributed by atoms with Crippen molar-refractivity contribution in [2.24, 2.45) is 0 Å². The van der Waals surface area contributed by atoms with Gasteiger partial charge in [0.05, 0.1) is 6.61 Å². The number of rotatable bonds is 5. The molecule has 0 fully saturated rings. The maximum absolute atomic E-state index is 13.1. The highest BCUT2D eigenvalue weighted by atomic mass is 19.1. The minimum Gasteiger partial charge on any atom is -0.463 e. The van der Waals surface area contributed by atoms with E-state index in [0.717, 1.165) is 0 Å². The maximum atomic E-state index is 13.1. The van der Waals surface area contributed by atoms with Crippen LogP contribution in [0, 0.1) is 21.7 Å². The van der Waals surface area contributed by atoms with Crippen LogP contribution >= 0.6 is 0 Å². The van der Waals surface area contributed by atoms with Crippen molar-refractivity contribution in [1.82, 2.24) is 0 Å². The summed E-state index contributed by atoms with van der Waals surface area (Å²) in [5.74, 6) is -3.47. The highest BCUT2D eigenvalue weighted by Crippen LogP contribution is 2.25. The lowest BCUT2D eigenvalue weighted by Crippen LogP contribution is -2.43. The van der Waals surface area contributed by atoms with Gasteiger partial charge in [-0.1, -0.05) is 0 Å². The van der Waals surface area contributed by atoms with E-state index < -0.39 is 40.2 Å². The largest absolute Gasteiger partial charge is 0.463 e. The van der Waals surface area contributed by atoms with Crippen LogP contribution in [0.3, 0.4) is 0 Å². The maximum Gasteiger partial charge on any atom is 0.349 e. The standard InChI is InChI=1S/C11H11F2NO5/c1-2-19-10(15)11(16,6-14(17)18)7-3-8(12)5-9(13)4-7/h3-5,16H,2,6H2,1H3/t11-/m0/s1. The number of halogens is 2. The number of nitro groups is 1. The van der Waals surface area contributed by atoms with Crippen LogP contribution in [0.25, 0.3) is 0 Å². The summed E-state index contributed by atoms with van der Waals surface area (Å²) in [6.45, 7) is 0.0298. The zero-order chi connectivity index (χ0) is 14.6. The van der Waals surface area contributed by atoms with Gasteiger partial charge in [0.1, 0.15) is 11.6 Å². The smallest absolute Gasteiger partial charge is 0.349 e. The van der Waals surface area contributed by atoms with E-state index in [4.69, 9.17) is 0 Å². The van der Waals surface area contributed by atoms with Gasteiger partial charge in [-0.25, -0.2) is 13.6 Å². The molecule has 0 saturated heterocycles. The molecule has 0 heterocycles. The topological polar surface area (TPSA) is 89.7 Å². The Morgan fingerprint density at radius 2 is 1.95 bits per heavy atom. The lowest BCUT2D eigenvalue weighted by molar-refractivity contribution is -0.499. The summed E-state index contributed by atoms with van der Waals surface area (Å²) in [6, 6.07) is 1.80. The number of hydrogen-bond donors (Lipinski definition) is 1. The Bertz CT molecular complexity index is 488. The minimum atomic E-state index is -2.73. The van der Waals surface area contributed by atoms with Gasteiger partial charge in [0, 0.05) is 16.6 Å². The normalized spacial score (nSPS) is 13.7. The van der Waals surface area contributed by atoms with Crippen LogP contribution in [-0.2, 0) is 15.1 Å². The summed E-state index contributed by atoms with van der Waals surface area (Å²) in [4.78, 5) is 21.1. The van der Waals surface area contributed by atoms with Gasteiger partial charge in [-0.2, -0.15) is 0 Å². The summed E-state index contributed by atoms with van der Waals surface area (Å²) in [5, 5.41) is 20.6. The van der Waals surface area contributed by atoms with Crippen LogP contribution in [0.2, 0.25) is 0 Å². The van der Waals surface area contributed by atoms with Crippen LogP contribution in [0.4, 0.5) is 8.78 Å². The van der Waals surface area contributed by atoms with E-state index in [9.17, 15) is 28.8 Å². The Labute approximate surface area is 106 Å². The molecule has 1 aromatic carbocycles. The molecular weight excluding hydrogens is 264 g/mol. The molecule has 8 heteroatoms. The average molecular weight is 275 g/mol. The van der Waals surface area contributed by atoms with E-state index in [0.29, 0.717) is 18.2 Å². The fourth-order valence-corrected chi connectivity index (χ4v) is 1.50. The summed E-state index contributed by atoms with van der Waals surface area (Å²) in [6.07, 6.45) is 0. The van der Waals surface area contributed by atoms with Gasteiger partial charge in [-0.15, -0.1) is 0 Å². The number of carbonyl (C=O) groups excluding carboxylic acids is 1. The summed E-state index contributed by atoms with van der Waals surface area (Å²) >= 11 is 0. The highest BCUT2D eigenvalue weighted by Gasteiger charge is 2.45. The molecule has 0 aromatic heterocycles. The summed E-state index contributed by atoms with van der Waals surface area (Å²) in [7, 11) is 0. The van der Waals surface area contributed by atoms with E-state index >= 15 is 0 Å². The molecule has 0 aliphatic rings. The third kappa shape index (κ3) is 3.44. The second kappa shape index (κ2) is 5.70. The van der Waals surface area contributed by atoms with Gasteiger partial charge in [-0.3, -0.25) is 10.1 Å². The number of aliphatic hydroxyl groups is 1. The molecule has 0 aliphatic carbocycles. The van der Waals surface area contributed by atoms with Crippen LogP contribution in [0.15, 0.2) is 18.2 Å². The third-order valence-corrected chi connectivity index (χ3v) is 2.31. The zero-order valence-corrected chi connectivity index (χ0v) is 9.93. The molecule has 1 N–H and O–H groups in total. The first-order valence-electron chi connectivity index (χ1n) is 5.27. The number of ether oxygens (including phenoxy) is 1. The Kier molecular flexibility index (Phi) is 4.49. The molecule has 1 aromatic rings. The van der Waals surface area contributed by atoms with E-state index in [1.807, 2.05) is 0 Å². The van der Waals surface area contributed by atoms with E-state index in [2.05, 4.69) is 4.74 Å². The number of esters is 1. The number of nitrogens with zero attached hydrogens (tertiary/aromatic N) is 1.